The molecule has 0 bridgehead atoms. The summed E-state index contributed by atoms with van der Waals surface area (Å²) in [6, 6.07) is 13.4. The number of aromatic nitrogens is 4. The van der Waals surface area contributed by atoms with Crippen LogP contribution < -0.4 is 15.4 Å². The van der Waals surface area contributed by atoms with Crippen molar-refractivity contribution in [1.82, 2.24) is 30.2 Å². The molecule has 37 heavy (non-hydrogen) atoms. The van der Waals surface area contributed by atoms with Crippen molar-refractivity contribution >= 4 is 28.4 Å². The summed E-state index contributed by atoms with van der Waals surface area (Å²) in [6.45, 7) is 4.53. The molecule has 3 N–H and O–H groups in total. The predicted octanol–water partition coefficient (Wildman–Crippen LogP) is 3.37. The van der Waals surface area contributed by atoms with Crippen LogP contribution in [0, 0.1) is 0 Å². The summed E-state index contributed by atoms with van der Waals surface area (Å²) in [7, 11) is 0. The van der Waals surface area contributed by atoms with E-state index >= 15 is 0 Å². The molecule has 6 rings (SSSR count). The Morgan fingerprint density at radius 1 is 1.00 bits per heavy atom. The average molecular weight is 500 g/mol. The molecule has 10 heteroatoms. The quantitative estimate of drug-likeness (QED) is 0.370. The van der Waals surface area contributed by atoms with Crippen LogP contribution in [0.25, 0.3) is 22.3 Å². The van der Waals surface area contributed by atoms with Crippen LogP contribution in [-0.2, 0) is 4.74 Å². The molecule has 0 aliphatic carbocycles. The third-order valence-corrected chi connectivity index (χ3v) is 6.63. The van der Waals surface area contributed by atoms with Crippen molar-refractivity contribution < 1.29 is 14.3 Å². The highest BCUT2D eigenvalue weighted by atomic mass is 16.5. The van der Waals surface area contributed by atoms with Gasteiger partial charge in [-0.25, -0.2) is 9.97 Å². The van der Waals surface area contributed by atoms with Gasteiger partial charge in [-0.2, -0.15) is 0 Å². The summed E-state index contributed by atoms with van der Waals surface area (Å²) in [5.74, 6) is 1.26. The largest absolute Gasteiger partial charge is 0.490 e. The number of anilines is 2. The fourth-order valence-corrected chi connectivity index (χ4v) is 4.67. The first kappa shape index (κ1) is 23.4. The lowest BCUT2D eigenvalue weighted by Gasteiger charge is -2.26. The van der Waals surface area contributed by atoms with Crippen LogP contribution in [0.3, 0.4) is 0 Å². The average Bonchev–Trinajstić information content (AvgIpc) is 3.38. The Labute approximate surface area is 214 Å². The smallest absolute Gasteiger partial charge is 0.270 e. The molecule has 1 amide bonds. The van der Waals surface area contributed by atoms with Gasteiger partial charge in [0.1, 0.15) is 17.5 Å². The molecule has 0 spiro atoms. The van der Waals surface area contributed by atoms with Crippen molar-refractivity contribution in [3.8, 4) is 17.1 Å². The minimum absolute atomic E-state index is 0.0266. The van der Waals surface area contributed by atoms with Gasteiger partial charge in [0.25, 0.3) is 5.91 Å². The molecule has 5 heterocycles. The maximum atomic E-state index is 12.9. The zero-order valence-electron chi connectivity index (χ0n) is 20.4. The first-order valence-electron chi connectivity index (χ1n) is 12.6. The van der Waals surface area contributed by atoms with Gasteiger partial charge in [-0.15, -0.1) is 0 Å². The number of pyridine rings is 1. The van der Waals surface area contributed by atoms with Crippen molar-refractivity contribution in [3.05, 3.63) is 60.6 Å². The van der Waals surface area contributed by atoms with E-state index in [1.165, 1.54) is 0 Å². The molecule has 10 nitrogen and oxygen atoms in total. The fourth-order valence-electron chi connectivity index (χ4n) is 4.67. The van der Waals surface area contributed by atoms with Crippen LogP contribution in [0.4, 0.5) is 11.6 Å². The van der Waals surface area contributed by atoms with Gasteiger partial charge in [0.05, 0.1) is 24.6 Å². The zero-order chi connectivity index (χ0) is 25.0. The van der Waals surface area contributed by atoms with E-state index in [0.717, 1.165) is 61.5 Å². The number of piperazine rings is 1. The van der Waals surface area contributed by atoms with E-state index < -0.39 is 0 Å². The molecule has 190 valence electrons. The summed E-state index contributed by atoms with van der Waals surface area (Å²) >= 11 is 0. The zero-order valence-corrected chi connectivity index (χ0v) is 20.4. The highest BCUT2D eigenvalue weighted by Gasteiger charge is 2.20. The van der Waals surface area contributed by atoms with Gasteiger partial charge in [0.2, 0.25) is 5.95 Å². The lowest BCUT2D eigenvalue weighted by Crippen LogP contribution is -2.46. The van der Waals surface area contributed by atoms with E-state index in [1.807, 2.05) is 47.4 Å². The number of H-pyrrole nitrogens is 1. The third-order valence-electron chi connectivity index (χ3n) is 6.63. The van der Waals surface area contributed by atoms with Crippen LogP contribution in [-0.4, -0.2) is 76.2 Å². The Morgan fingerprint density at radius 2 is 1.84 bits per heavy atom. The SMILES string of the molecule is O=C(c1cc2cc(Nc3nccc(-c4cc(OC5CCOCC5)ccn4)n3)ccc2[nH]1)N1CCNCC1. The number of aromatic amines is 1. The molecular formula is C27H29N7O3. The molecule has 2 aliphatic heterocycles. The molecular weight excluding hydrogens is 470 g/mol. The molecule has 2 aliphatic rings. The molecule has 0 atom stereocenters. The fraction of sp³-hybridized carbons (Fsp3) is 0.333. The number of hydrogen-bond acceptors (Lipinski definition) is 8. The predicted molar refractivity (Wildman–Crippen MR) is 140 cm³/mol. The van der Waals surface area contributed by atoms with Gasteiger partial charge in [0.15, 0.2) is 0 Å². The normalized spacial score (nSPS) is 16.6. The first-order valence-corrected chi connectivity index (χ1v) is 12.6. The lowest BCUT2D eigenvalue weighted by molar-refractivity contribution is 0.0255. The molecule has 0 unspecified atom stereocenters. The maximum absolute atomic E-state index is 12.9. The van der Waals surface area contributed by atoms with Crippen LogP contribution in [0.5, 0.6) is 5.75 Å². The van der Waals surface area contributed by atoms with Crippen molar-refractivity contribution in [2.75, 3.05) is 44.7 Å². The lowest BCUT2D eigenvalue weighted by atomic mass is 10.1. The molecule has 2 saturated heterocycles. The van der Waals surface area contributed by atoms with Crippen molar-refractivity contribution in [3.63, 3.8) is 0 Å². The van der Waals surface area contributed by atoms with Crippen LogP contribution in [0.1, 0.15) is 23.3 Å². The van der Waals surface area contributed by atoms with Gasteiger partial charge in [0, 0.05) is 74.1 Å². The number of rotatable bonds is 6. The van der Waals surface area contributed by atoms with Gasteiger partial charge < -0.3 is 30.0 Å². The second-order valence-corrected chi connectivity index (χ2v) is 9.22. The Morgan fingerprint density at radius 3 is 2.70 bits per heavy atom. The van der Waals surface area contributed by atoms with Crippen molar-refractivity contribution in [1.29, 1.82) is 0 Å². The minimum atomic E-state index is 0.0266. The topological polar surface area (TPSA) is 117 Å². The monoisotopic (exact) mass is 499 g/mol. The summed E-state index contributed by atoms with van der Waals surface area (Å²) in [5.41, 5.74) is 3.74. The molecule has 3 aromatic heterocycles. The highest BCUT2D eigenvalue weighted by molar-refractivity contribution is 5.98. The maximum Gasteiger partial charge on any atom is 0.270 e. The Balaban J connectivity index is 1.17. The van der Waals surface area contributed by atoms with Gasteiger partial charge in [-0.05, 0) is 36.4 Å². The van der Waals surface area contributed by atoms with E-state index in [2.05, 4.69) is 30.6 Å². The Kier molecular flexibility index (Phi) is 6.66. The van der Waals surface area contributed by atoms with E-state index in [4.69, 9.17) is 9.47 Å². The number of ether oxygens (including phenoxy) is 2. The summed E-state index contributed by atoms with van der Waals surface area (Å²) in [5, 5.41) is 7.49. The number of nitrogens with one attached hydrogen (secondary N) is 3. The second-order valence-electron chi connectivity index (χ2n) is 9.22. The van der Waals surface area contributed by atoms with E-state index in [0.29, 0.717) is 36.1 Å². The summed E-state index contributed by atoms with van der Waals surface area (Å²) in [6.07, 6.45) is 5.37. The third kappa shape index (κ3) is 5.40. The Bertz CT molecular complexity index is 1390. The summed E-state index contributed by atoms with van der Waals surface area (Å²) in [4.78, 5) is 31.5. The molecule has 2 fully saturated rings. The first-order chi connectivity index (χ1) is 18.2. The van der Waals surface area contributed by atoms with Crippen molar-refractivity contribution in [2.24, 2.45) is 0 Å². The number of carbonyl (C=O) groups excluding carboxylic acids is 1. The van der Waals surface area contributed by atoms with E-state index in [9.17, 15) is 4.79 Å². The Hall–Kier alpha value is -4.02. The van der Waals surface area contributed by atoms with E-state index in [1.54, 1.807) is 12.4 Å². The second kappa shape index (κ2) is 10.5. The number of amides is 1. The van der Waals surface area contributed by atoms with Crippen LogP contribution in [0.15, 0.2) is 54.9 Å². The number of nitrogens with zero attached hydrogens (tertiary/aromatic N) is 4. The molecule has 0 radical (unpaired) electrons. The minimum Gasteiger partial charge on any atom is -0.490 e. The molecule has 4 aromatic rings. The van der Waals surface area contributed by atoms with E-state index in [-0.39, 0.29) is 12.0 Å². The molecule has 1 aromatic carbocycles. The summed E-state index contributed by atoms with van der Waals surface area (Å²) < 4.78 is 11.5. The number of hydrogen-bond donors (Lipinski definition) is 3. The van der Waals surface area contributed by atoms with Crippen molar-refractivity contribution in [2.45, 2.75) is 18.9 Å². The van der Waals surface area contributed by atoms with Gasteiger partial charge >= 0.3 is 0 Å². The standard InChI is InChI=1S/C27H29N7O3/c35-26(34-11-9-28-10-12-34)25-16-18-15-19(1-2-22(18)32-25)31-27-30-8-4-23(33-27)24-17-21(3-7-29-24)37-20-5-13-36-14-6-20/h1-4,7-8,15-17,20,28,32H,5-6,9-14H2,(H,30,31,33). The number of fused-ring (bicyclic) bond motifs is 1. The van der Waals surface area contributed by atoms with Gasteiger partial charge in [-0.1, -0.05) is 0 Å². The van der Waals surface area contributed by atoms with Crippen LogP contribution in [0.2, 0.25) is 0 Å². The van der Waals surface area contributed by atoms with Crippen LogP contribution >= 0.6 is 0 Å². The number of carbonyl (C=O) groups is 1. The molecule has 0 saturated carbocycles. The number of benzene rings is 1. The highest BCUT2D eigenvalue weighted by Crippen LogP contribution is 2.25. The van der Waals surface area contributed by atoms with Gasteiger partial charge in [-0.3, -0.25) is 9.78 Å².